The fourth-order valence-electron chi connectivity index (χ4n) is 2.12. The third kappa shape index (κ3) is 2.58. The standard InChI is InChI=1S/C13H21NO/c1-5-7-12(6-2)13(15-4)8-10-14(3)11-9-13/h5-7H,1-2,8-11H2,3-4H3/b12-7+. The fraction of sp³-hybridized carbons (Fsp3) is 0.538. The molecule has 0 N–H and O–H groups in total. The van der Waals surface area contributed by atoms with Crippen LogP contribution in [0.5, 0.6) is 0 Å². The fourth-order valence-corrected chi connectivity index (χ4v) is 2.12. The summed E-state index contributed by atoms with van der Waals surface area (Å²) in [6, 6.07) is 0. The van der Waals surface area contributed by atoms with Gasteiger partial charge in [-0.25, -0.2) is 0 Å². The van der Waals surface area contributed by atoms with Gasteiger partial charge >= 0.3 is 0 Å². The molecule has 84 valence electrons. The quantitative estimate of drug-likeness (QED) is 0.656. The van der Waals surface area contributed by atoms with Crippen molar-refractivity contribution >= 4 is 0 Å². The number of nitrogens with zero attached hydrogens (tertiary/aromatic N) is 1. The molecule has 1 aliphatic heterocycles. The van der Waals surface area contributed by atoms with Crippen LogP contribution >= 0.6 is 0 Å². The summed E-state index contributed by atoms with van der Waals surface area (Å²) in [5.74, 6) is 0. The zero-order valence-electron chi connectivity index (χ0n) is 9.83. The Morgan fingerprint density at radius 3 is 2.33 bits per heavy atom. The maximum Gasteiger partial charge on any atom is 0.0951 e. The van der Waals surface area contributed by atoms with E-state index in [0.717, 1.165) is 31.5 Å². The van der Waals surface area contributed by atoms with Gasteiger partial charge < -0.3 is 9.64 Å². The van der Waals surface area contributed by atoms with Gasteiger partial charge in [0.25, 0.3) is 0 Å². The highest BCUT2D eigenvalue weighted by Crippen LogP contribution is 2.33. The topological polar surface area (TPSA) is 12.5 Å². The monoisotopic (exact) mass is 207 g/mol. The number of likely N-dealkylation sites (tertiary alicyclic amines) is 1. The van der Waals surface area contributed by atoms with Gasteiger partial charge in [-0.3, -0.25) is 0 Å². The van der Waals surface area contributed by atoms with Crippen LogP contribution in [-0.4, -0.2) is 37.7 Å². The molecule has 0 saturated carbocycles. The molecule has 0 radical (unpaired) electrons. The van der Waals surface area contributed by atoms with Gasteiger partial charge in [0, 0.05) is 20.2 Å². The van der Waals surface area contributed by atoms with Crippen LogP contribution in [0.2, 0.25) is 0 Å². The Morgan fingerprint density at radius 2 is 1.93 bits per heavy atom. The Morgan fingerprint density at radius 1 is 1.33 bits per heavy atom. The molecule has 1 fully saturated rings. The van der Waals surface area contributed by atoms with Gasteiger partial charge in [0.2, 0.25) is 0 Å². The molecule has 2 nitrogen and oxygen atoms in total. The minimum absolute atomic E-state index is 0.150. The molecule has 1 saturated heterocycles. The maximum atomic E-state index is 5.72. The second-order valence-electron chi connectivity index (χ2n) is 4.06. The molecule has 0 aromatic carbocycles. The van der Waals surface area contributed by atoms with Crippen molar-refractivity contribution in [1.29, 1.82) is 0 Å². The Hall–Kier alpha value is -0.860. The normalized spacial score (nSPS) is 22.4. The second kappa shape index (κ2) is 5.29. The van der Waals surface area contributed by atoms with Gasteiger partial charge in [0.15, 0.2) is 0 Å². The molecule has 1 heterocycles. The van der Waals surface area contributed by atoms with Gasteiger partial charge in [-0.15, -0.1) is 0 Å². The summed E-state index contributed by atoms with van der Waals surface area (Å²) in [4.78, 5) is 2.33. The van der Waals surface area contributed by atoms with E-state index in [9.17, 15) is 0 Å². The first-order chi connectivity index (χ1) is 7.18. The highest BCUT2D eigenvalue weighted by molar-refractivity contribution is 5.31. The van der Waals surface area contributed by atoms with Gasteiger partial charge in [-0.2, -0.15) is 0 Å². The van der Waals surface area contributed by atoms with Crippen LogP contribution in [0.15, 0.2) is 37.0 Å². The molecule has 0 aromatic heterocycles. The number of piperidine rings is 1. The van der Waals surface area contributed by atoms with E-state index in [0.29, 0.717) is 0 Å². The molecule has 2 heteroatoms. The summed E-state index contributed by atoms with van der Waals surface area (Å²) in [6.07, 6.45) is 7.73. The summed E-state index contributed by atoms with van der Waals surface area (Å²) in [7, 11) is 3.93. The van der Waals surface area contributed by atoms with Crippen LogP contribution in [0, 0.1) is 0 Å². The molecule has 1 aliphatic rings. The number of allylic oxidation sites excluding steroid dienone is 2. The van der Waals surface area contributed by atoms with E-state index in [1.165, 1.54) is 0 Å². The van der Waals surface area contributed by atoms with Crippen LogP contribution in [0.25, 0.3) is 0 Å². The van der Waals surface area contributed by atoms with E-state index in [-0.39, 0.29) is 5.60 Å². The lowest BCUT2D eigenvalue weighted by molar-refractivity contribution is -0.0214. The lowest BCUT2D eigenvalue weighted by Crippen LogP contribution is -2.45. The van der Waals surface area contributed by atoms with Crippen molar-refractivity contribution in [2.75, 3.05) is 27.2 Å². The Labute approximate surface area is 92.9 Å². The molecule has 0 atom stereocenters. The van der Waals surface area contributed by atoms with E-state index < -0.39 is 0 Å². The average Bonchev–Trinajstić information content (AvgIpc) is 2.28. The average molecular weight is 207 g/mol. The third-order valence-corrected chi connectivity index (χ3v) is 3.23. The van der Waals surface area contributed by atoms with Crippen LogP contribution in [-0.2, 0) is 4.74 Å². The zero-order valence-corrected chi connectivity index (χ0v) is 9.83. The lowest BCUT2D eigenvalue weighted by Gasteiger charge is -2.40. The van der Waals surface area contributed by atoms with E-state index in [1.54, 1.807) is 13.2 Å². The number of methoxy groups -OCH3 is 1. The number of hydrogen-bond acceptors (Lipinski definition) is 2. The van der Waals surface area contributed by atoms with Crippen molar-refractivity contribution in [3.63, 3.8) is 0 Å². The van der Waals surface area contributed by atoms with Gasteiger partial charge in [0.1, 0.15) is 0 Å². The SMILES string of the molecule is C=C/C=C(\C=C)C1(OC)CCN(C)CC1. The summed E-state index contributed by atoms with van der Waals surface area (Å²) in [5, 5.41) is 0. The third-order valence-electron chi connectivity index (χ3n) is 3.23. The molecule has 0 bridgehead atoms. The second-order valence-corrected chi connectivity index (χ2v) is 4.06. The predicted octanol–water partition coefficient (Wildman–Crippen LogP) is 2.40. The van der Waals surface area contributed by atoms with Crippen LogP contribution in [0.4, 0.5) is 0 Å². The first-order valence-electron chi connectivity index (χ1n) is 5.38. The van der Waals surface area contributed by atoms with Crippen molar-refractivity contribution in [3.05, 3.63) is 37.0 Å². The molecule has 0 unspecified atom stereocenters. The Balaban J connectivity index is 2.88. The van der Waals surface area contributed by atoms with Crippen molar-refractivity contribution in [1.82, 2.24) is 4.90 Å². The first kappa shape index (κ1) is 12.2. The summed E-state index contributed by atoms with van der Waals surface area (Å²) in [5.41, 5.74) is 0.996. The summed E-state index contributed by atoms with van der Waals surface area (Å²) in [6.45, 7) is 9.72. The molecular formula is C13H21NO. The van der Waals surface area contributed by atoms with E-state index in [2.05, 4.69) is 25.1 Å². The van der Waals surface area contributed by atoms with E-state index >= 15 is 0 Å². The van der Waals surface area contributed by atoms with Crippen LogP contribution in [0.1, 0.15) is 12.8 Å². The maximum absolute atomic E-state index is 5.72. The number of ether oxygens (including phenoxy) is 1. The molecule has 1 rings (SSSR count). The lowest BCUT2D eigenvalue weighted by atomic mass is 9.83. The summed E-state index contributed by atoms with van der Waals surface area (Å²) < 4.78 is 5.72. The van der Waals surface area contributed by atoms with E-state index in [1.807, 2.05) is 12.2 Å². The highest BCUT2D eigenvalue weighted by Gasteiger charge is 2.35. The molecule has 0 aliphatic carbocycles. The molecule has 0 spiro atoms. The van der Waals surface area contributed by atoms with Gasteiger partial charge in [-0.05, 0) is 25.5 Å². The van der Waals surface area contributed by atoms with Crippen LogP contribution < -0.4 is 0 Å². The van der Waals surface area contributed by atoms with Crippen LogP contribution in [0.3, 0.4) is 0 Å². The molecule has 15 heavy (non-hydrogen) atoms. The van der Waals surface area contributed by atoms with Crippen molar-refractivity contribution in [3.8, 4) is 0 Å². The molecule has 0 amide bonds. The largest absolute Gasteiger partial charge is 0.373 e. The highest BCUT2D eigenvalue weighted by atomic mass is 16.5. The summed E-state index contributed by atoms with van der Waals surface area (Å²) >= 11 is 0. The van der Waals surface area contributed by atoms with Gasteiger partial charge in [-0.1, -0.05) is 31.4 Å². The van der Waals surface area contributed by atoms with Crippen molar-refractivity contribution in [2.24, 2.45) is 0 Å². The zero-order chi connectivity index (χ0) is 11.3. The Kier molecular flexibility index (Phi) is 4.30. The van der Waals surface area contributed by atoms with Crippen molar-refractivity contribution < 1.29 is 4.74 Å². The smallest absolute Gasteiger partial charge is 0.0951 e. The first-order valence-corrected chi connectivity index (χ1v) is 5.38. The molecule has 0 aromatic rings. The minimum atomic E-state index is -0.150. The predicted molar refractivity (Wildman–Crippen MR) is 64.9 cm³/mol. The number of rotatable bonds is 4. The number of hydrogen-bond donors (Lipinski definition) is 0. The van der Waals surface area contributed by atoms with Gasteiger partial charge in [0.05, 0.1) is 5.60 Å². The van der Waals surface area contributed by atoms with Crippen molar-refractivity contribution in [2.45, 2.75) is 18.4 Å². The van der Waals surface area contributed by atoms with E-state index in [4.69, 9.17) is 4.74 Å². The molecular weight excluding hydrogens is 186 g/mol. The minimum Gasteiger partial charge on any atom is -0.373 e. The Bertz CT molecular complexity index is 260.